The Morgan fingerprint density at radius 1 is 0.615 bits per heavy atom. The van der Waals surface area contributed by atoms with E-state index in [2.05, 4.69) is 115 Å². The van der Waals surface area contributed by atoms with Crippen molar-refractivity contribution in [3.8, 4) is 33.4 Å². The molecule has 2 nitrogen and oxygen atoms in total. The minimum Gasteiger partial charge on any atom is -0.455 e. The first-order chi connectivity index (χ1) is 19.3. The van der Waals surface area contributed by atoms with Gasteiger partial charge in [-0.25, -0.2) is 0 Å². The van der Waals surface area contributed by atoms with E-state index in [-0.39, 0.29) is 0 Å². The minimum absolute atomic E-state index is 0.827. The molecule has 0 saturated heterocycles. The van der Waals surface area contributed by atoms with Gasteiger partial charge in [0.05, 0.1) is 0 Å². The molecule has 39 heavy (non-hydrogen) atoms. The second-order valence-corrected chi connectivity index (χ2v) is 9.99. The number of furan rings is 1. The van der Waals surface area contributed by atoms with Gasteiger partial charge in [-0.05, 0) is 64.4 Å². The maximum absolute atomic E-state index is 8.27. The topological polar surface area (TPSA) is 37.0 Å². The van der Waals surface area contributed by atoms with Crippen LogP contribution in [0.25, 0.3) is 60.9 Å². The number of hydrogen-bond acceptors (Lipinski definition) is 2. The van der Waals surface area contributed by atoms with Gasteiger partial charge < -0.3 is 9.83 Å². The van der Waals surface area contributed by atoms with E-state index in [9.17, 15) is 0 Å². The molecular formula is C37H27NO. The molecule has 1 aromatic heterocycles. The van der Waals surface area contributed by atoms with Crippen molar-refractivity contribution < 1.29 is 4.42 Å². The largest absolute Gasteiger partial charge is 0.455 e. The lowest BCUT2D eigenvalue weighted by atomic mass is 9.89. The predicted molar refractivity (Wildman–Crippen MR) is 164 cm³/mol. The van der Waals surface area contributed by atoms with Crippen molar-refractivity contribution in [3.63, 3.8) is 0 Å². The zero-order valence-corrected chi connectivity index (χ0v) is 21.5. The SMILES string of the molecule is N=Cc1ccc(-c2ccccc2C2=CC=CCC2)c2oc3c(-c4ccccc4)cc(-c4ccccc4)cc3c12. The molecular weight excluding hydrogens is 474 g/mol. The lowest BCUT2D eigenvalue weighted by molar-refractivity contribution is 0.671. The molecule has 1 heterocycles. The first kappa shape index (κ1) is 23.2. The van der Waals surface area contributed by atoms with Gasteiger partial charge in [0.2, 0.25) is 0 Å². The molecule has 1 aliphatic rings. The molecule has 0 bridgehead atoms. The molecule has 0 radical (unpaired) electrons. The highest BCUT2D eigenvalue weighted by atomic mass is 16.3. The third kappa shape index (κ3) is 4.02. The van der Waals surface area contributed by atoms with Crippen molar-refractivity contribution in [2.45, 2.75) is 12.8 Å². The Kier molecular flexibility index (Phi) is 5.79. The molecule has 0 spiro atoms. The van der Waals surface area contributed by atoms with E-state index >= 15 is 0 Å². The number of allylic oxidation sites excluding steroid dienone is 4. The third-order valence-electron chi connectivity index (χ3n) is 7.68. The molecule has 0 amide bonds. The Labute approximate surface area is 228 Å². The number of nitrogens with one attached hydrogen (secondary N) is 1. The fraction of sp³-hybridized carbons (Fsp3) is 0.0541. The van der Waals surface area contributed by atoms with Crippen molar-refractivity contribution in [3.05, 3.63) is 139 Å². The molecule has 1 aliphatic carbocycles. The summed E-state index contributed by atoms with van der Waals surface area (Å²) in [7, 11) is 0. The first-order valence-electron chi connectivity index (χ1n) is 13.4. The molecule has 0 saturated carbocycles. The highest BCUT2D eigenvalue weighted by Crippen LogP contribution is 2.44. The van der Waals surface area contributed by atoms with E-state index in [0.717, 1.165) is 73.7 Å². The maximum Gasteiger partial charge on any atom is 0.143 e. The average Bonchev–Trinajstić information content (AvgIpc) is 3.41. The smallest absolute Gasteiger partial charge is 0.143 e. The van der Waals surface area contributed by atoms with Gasteiger partial charge in [-0.3, -0.25) is 0 Å². The van der Waals surface area contributed by atoms with Gasteiger partial charge in [-0.2, -0.15) is 0 Å². The number of hydrogen-bond donors (Lipinski definition) is 1. The normalized spacial score (nSPS) is 13.1. The van der Waals surface area contributed by atoms with Gasteiger partial charge in [0.15, 0.2) is 0 Å². The quantitative estimate of drug-likeness (QED) is 0.234. The molecule has 0 aliphatic heterocycles. The van der Waals surface area contributed by atoms with E-state index in [1.54, 1.807) is 0 Å². The Bertz CT molecular complexity index is 1910. The van der Waals surface area contributed by atoms with Gasteiger partial charge in [0.1, 0.15) is 11.2 Å². The zero-order valence-electron chi connectivity index (χ0n) is 21.5. The molecule has 0 fully saturated rings. The van der Waals surface area contributed by atoms with Crippen LogP contribution in [0, 0.1) is 5.41 Å². The summed E-state index contributed by atoms with van der Waals surface area (Å²) in [5.74, 6) is 0. The predicted octanol–water partition coefficient (Wildman–Crippen LogP) is 10.3. The molecule has 6 aromatic rings. The van der Waals surface area contributed by atoms with Crippen LogP contribution in [0.3, 0.4) is 0 Å². The molecule has 2 heteroatoms. The Balaban J connectivity index is 1.57. The zero-order chi connectivity index (χ0) is 26.2. The summed E-state index contributed by atoms with van der Waals surface area (Å²) in [5.41, 5.74) is 11.8. The number of benzene rings is 5. The second-order valence-electron chi connectivity index (χ2n) is 9.99. The summed E-state index contributed by atoms with van der Waals surface area (Å²) in [6, 6.07) is 38.1. The summed E-state index contributed by atoms with van der Waals surface area (Å²) >= 11 is 0. The molecule has 5 aromatic carbocycles. The lowest BCUT2D eigenvalue weighted by Gasteiger charge is -2.15. The molecule has 1 N–H and O–H groups in total. The van der Waals surface area contributed by atoms with E-state index in [0.29, 0.717) is 0 Å². The average molecular weight is 502 g/mol. The Morgan fingerprint density at radius 2 is 1.33 bits per heavy atom. The van der Waals surface area contributed by atoms with Crippen LogP contribution in [0.1, 0.15) is 24.0 Å². The van der Waals surface area contributed by atoms with Crippen molar-refractivity contribution in [1.29, 1.82) is 5.41 Å². The summed E-state index contributed by atoms with van der Waals surface area (Å²) in [6.45, 7) is 0. The highest BCUT2D eigenvalue weighted by molar-refractivity contribution is 6.19. The van der Waals surface area contributed by atoms with Crippen LogP contribution in [-0.4, -0.2) is 6.21 Å². The van der Waals surface area contributed by atoms with Crippen molar-refractivity contribution >= 4 is 33.7 Å². The summed E-state index contributed by atoms with van der Waals surface area (Å²) in [4.78, 5) is 0. The molecule has 0 atom stereocenters. The minimum atomic E-state index is 0.827. The molecule has 186 valence electrons. The number of rotatable bonds is 5. The fourth-order valence-electron chi connectivity index (χ4n) is 5.80. The number of fused-ring (bicyclic) bond motifs is 3. The van der Waals surface area contributed by atoms with Gasteiger partial charge >= 0.3 is 0 Å². The van der Waals surface area contributed by atoms with Gasteiger partial charge in [0, 0.05) is 33.7 Å². The fourth-order valence-corrected chi connectivity index (χ4v) is 5.80. The lowest BCUT2D eigenvalue weighted by Crippen LogP contribution is -1.93. The van der Waals surface area contributed by atoms with E-state index in [1.165, 1.54) is 17.4 Å². The molecule has 0 unspecified atom stereocenters. The van der Waals surface area contributed by atoms with Crippen LogP contribution in [0.15, 0.2) is 132 Å². The van der Waals surface area contributed by atoms with Gasteiger partial charge in [-0.15, -0.1) is 0 Å². The Hall–Kier alpha value is -4.95. The summed E-state index contributed by atoms with van der Waals surface area (Å²) in [5, 5.41) is 10.3. The van der Waals surface area contributed by atoms with E-state index in [4.69, 9.17) is 9.83 Å². The molecule has 7 rings (SSSR count). The van der Waals surface area contributed by atoms with Crippen LogP contribution in [-0.2, 0) is 0 Å². The van der Waals surface area contributed by atoms with Crippen LogP contribution >= 0.6 is 0 Å². The van der Waals surface area contributed by atoms with Crippen molar-refractivity contribution in [2.24, 2.45) is 0 Å². The maximum atomic E-state index is 8.27. The third-order valence-corrected chi connectivity index (χ3v) is 7.68. The standard InChI is InChI=1S/C37H27NO/c38-24-28-20-21-32(31-19-11-10-18-30(31)26-14-6-2-7-15-26)37-35(28)34-23-29(25-12-4-1-5-13-25)22-33(36(34)39-37)27-16-8-3-9-17-27/h1-6,8-14,16-24,38H,7,15H2. The summed E-state index contributed by atoms with van der Waals surface area (Å²) in [6.07, 6.45) is 10.1. The van der Waals surface area contributed by atoms with E-state index in [1.807, 2.05) is 12.1 Å². The first-order valence-corrected chi connectivity index (χ1v) is 13.4. The monoisotopic (exact) mass is 501 g/mol. The second kappa shape index (κ2) is 9.74. The van der Waals surface area contributed by atoms with Crippen LogP contribution in [0.5, 0.6) is 0 Å². The van der Waals surface area contributed by atoms with Gasteiger partial charge in [-0.1, -0.05) is 109 Å². The van der Waals surface area contributed by atoms with E-state index < -0.39 is 0 Å². The van der Waals surface area contributed by atoms with Crippen molar-refractivity contribution in [2.75, 3.05) is 0 Å². The van der Waals surface area contributed by atoms with Crippen LogP contribution in [0.2, 0.25) is 0 Å². The Morgan fingerprint density at radius 3 is 2.05 bits per heavy atom. The van der Waals surface area contributed by atoms with Crippen LogP contribution in [0.4, 0.5) is 0 Å². The summed E-state index contributed by atoms with van der Waals surface area (Å²) < 4.78 is 6.86. The van der Waals surface area contributed by atoms with Crippen LogP contribution < -0.4 is 0 Å². The highest BCUT2D eigenvalue weighted by Gasteiger charge is 2.21. The van der Waals surface area contributed by atoms with Gasteiger partial charge in [0.25, 0.3) is 0 Å². The van der Waals surface area contributed by atoms with Crippen molar-refractivity contribution in [1.82, 2.24) is 0 Å².